The Kier molecular flexibility index (Phi) is 6.84. The van der Waals surface area contributed by atoms with Crippen LogP contribution in [0.15, 0.2) is 48.9 Å². The summed E-state index contributed by atoms with van der Waals surface area (Å²) in [7, 11) is 7.34. The van der Waals surface area contributed by atoms with Crippen LogP contribution in [0.25, 0.3) is 28.1 Å². The normalized spacial score (nSPS) is 12.6. The summed E-state index contributed by atoms with van der Waals surface area (Å²) in [5.74, 6) is 0.958. The van der Waals surface area contributed by atoms with E-state index in [0.29, 0.717) is 11.8 Å². The van der Waals surface area contributed by atoms with Gasteiger partial charge in [0.05, 0.1) is 29.7 Å². The predicted octanol–water partition coefficient (Wildman–Crippen LogP) is 1.85. The fourth-order valence-electron chi connectivity index (χ4n) is 4.59. The Morgan fingerprint density at radius 1 is 1.18 bits per heavy atom. The fourth-order valence-corrected chi connectivity index (χ4v) is 4.59. The molecule has 0 atom stereocenters. The number of allylic oxidation sites excluding steroid dienone is 1. The summed E-state index contributed by atoms with van der Waals surface area (Å²) in [5.41, 5.74) is 7.82. The molecule has 0 saturated carbocycles. The van der Waals surface area contributed by atoms with Gasteiger partial charge in [-0.2, -0.15) is 10.2 Å². The molecule has 1 aromatic carbocycles. The highest BCUT2D eigenvalue weighted by Gasteiger charge is 2.27. The van der Waals surface area contributed by atoms with Crippen LogP contribution < -0.4 is 10.6 Å². The zero-order valence-electron chi connectivity index (χ0n) is 21.9. The molecule has 0 unspecified atom stereocenters. The van der Waals surface area contributed by atoms with Gasteiger partial charge in [-0.3, -0.25) is 14.2 Å². The zero-order valence-corrected chi connectivity index (χ0v) is 21.9. The number of aromatic nitrogens is 6. The Balaban J connectivity index is 1.47. The molecule has 0 saturated heterocycles. The van der Waals surface area contributed by atoms with E-state index in [0.717, 1.165) is 57.8 Å². The van der Waals surface area contributed by atoms with E-state index in [-0.39, 0.29) is 12.5 Å². The highest BCUT2D eigenvalue weighted by Crippen LogP contribution is 2.39. The summed E-state index contributed by atoms with van der Waals surface area (Å²) < 4.78 is 3.50. The SMILES string of the molecule is C[NH2+]/C=C(\C=N)c1ccc(-c2c3c(nn2C)CCc2cnc(Nc4ccn(CC(=O)N(C)C)n4)nc2-3)cc1. The van der Waals surface area contributed by atoms with Crippen LogP contribution in [-0.4, -0.2) is 67.7 Å². The molecule has 38 heavy (non-hydrogen) atoms. The molecule has 0 radical (unpaired) electrons. The van der Waals surface area contributed by atoms with Crippen LogP contribution in [0.4, 0.5) is 11.8 Å². The summed E-state index contributed by atoms with van der Waals surface area (Å²) in [6.45, 7) is 0.161. The van der Waals surface area contributed by atoms with Gasteiger partial charge in [0.1, 0.15) is 12.7 Å². The van der Waals surface area contributed by atoms with Crippen LogP contribution in [0.2, 0.25) is 0 Å². The molecule has 0 aliphatic heterocycles. The van der Waals surface area contributed by atoms with Gasteiger partial charge < -0.3 is 20.9 Å². The minimum absolute atomic E-state index is 0.0388. The van der Waals surface area contributed by atoms with Gasteiger partial charge in [-0.25, -0.2) is 9.97 Å². The van der Waals surface area contributed by atoms with E-state index in [2.05, 4.69) is 27.5 Å². The van der Waals surface area contributed by atoms with Crippen molar-refractivity contribution in [2.45, 2.75) is 19.4 Å². The van der Waals surface area contributed by atoms with E-state index < -0.39 is 0 Å². The van der Waals surface area contributed by atoms with Gasteiger partial charge in [0.2, 0.25) is 11.9 Å². The molecule has 194 valence electrons. The van der Waals surface area contributed by atoms with Gasteiger partial charge in [0.25, 0.3) is 0 Å². The maximum atomic E-state index is 12.0. The molecule has 1 amide bonds. The second-order valence-electron chi connectivity index (χ2n) is 9.35. The summed E-state index contributed by atoms with van der Waals surface area (Å²) in [4.78, 5) is 22.9. The van der Waals surface area contributed by atoms with E-state index in [1.54, 1.807) is 31.0 Å². The monoisotopic (exact) mass is 511 g/mol. The largest absolute Gasteiger partial charge is 0.347 e. The Morgan fingerprint density at radius 2 is 1.97 bits per heavy atom. The predicted molar refractivity (Wildman–Crippen MR) is 146 cm³/mol. The van der Waals surface area contributed by atoms with Crippen molar-refractivity contribution in [3.8, 4) is 22.5 Å². The molecule has 3 aromatic heterocycles. The zero-order chi connectivity index (χ0) is 26.8. The van der Waals surface area contributed by atoms with Crippen molar-refractivity contribution in [3.63, 3.8) is 0 Å². The molecular formula is C27H31N10O+. The number of aryl methyl sites for hydroxylation is 3. The summed E-state index contributed by atoms with van der Waals surface area (Å²) >= 11 is 0. The number of quaternary nitrogens is 1. The Labute approximate surface area is 220 Å². The lowest BCUT2D eigenvalue weighted by Gasteiger charge is -2.17. The lowest BCUT2D eigenvalue weighted by Crippen LogP contribution is -2.72. The number of carbonyl (C=O) groups excluding carboxylic acids is 1. The molecule has 4 N–H and O–H groups in total. The average molecular weight is 512 g/mol. The van der Waals surface area contributed by atoms with Crippen LogP contribution in [0.1, 0.15) is 16.8 Å². The molecule has 11 heteroatoms. The first kappa shape index (κ1) is 25.0. The number of benzene rings is 1. The van der Waals surface area contributed by atoms with Gasteiger partial charge in [-0.15, -0.1) is 0 Å². The lowest BCUT2D eigenvalue weighted by molar-refractivity contribution is -0.555. The third-order valence-electron chi connectivity index (χ3n) is 6.52. The number of hydrogen-bond acceptors (Lipinski definition) is 7. The minimum Gasteiger partial charge on any atom is -0.347 e. The smallest absolute Gasteiger partial charge is 0.243 e. The van der Waals surface area contributed by atoms with Gasteiger partial charge in [-0.1, -0.05) is 24.3 Å². The summed E-state index contributed by atoms with van der Waals surface area (Å²) in [5, 5.41) is 22.1. The molecule has 5 rings (SSSR count). The molecule has 0 fully saturated rings. The quantitative estimate of drug-likeness (QED) is 0.309. The molecule has 1 aliphatic rings. The molecule has 4 aromatic rings. The summed E-state index contributed by atoms with van der Waals surface area (Å²) in [6, 6.07) is 9.99. The molecule has 0 bridgehead atoms. The third-order valence-corrected chi connectivity index (χ3v) is 6.52. The second kappa shape index (κ2) is 10.4. The molecule has 0 spiro atoms. The maximum absolute atomic E-state index is 12.0. The van der Waals surface area contributed by atoms with E-state index in [1.165, 1.54) is 11.1 Å². The van der Waals surface area contributed by atoms with Crippen molar-refractivity contribution >= 4 is 29.5 Å². The van der Waals surface area contributed by atoms with Crippen LogP contribution in [0.3, 0.4) is 0 Å². The van der Waals surface area contributed by atoms with E-state index in [1.807, 2.05) is 48.6 Å². The molecule has 1 aliphatic carbocycles. The summed E-state index contributed by atoms with van der Waals surface area (Å²) in [6.07, 6.45) is 8.55. The highest BCUT2D eigenvalue weighted by molar-refractivity contribution is 6.07. The highest BCUT2D eigenvalue weighted by atomic mass is 16.2. The molecule has 11 nitrogen and oxygen atoms in total. The van der Waals surface area contributed by atoms with Crippen molar-refractivity contribution in [1.82, 2.24) is 34.4 Å². The Hall–Kier alpha value is -4.64. The van der Waals surface area contributed by atoms with Gasteiger partial charge >= 0.3 is 0 Å². The Bertz CT molecular complexity index is 1530. The van der Waals surface area contributed by atoms with Gasteiger partial charge in [0.15, 0.2) is 5.82 Å². The van der Waals surface area contributed by atoms with Crippen LogP contribution in [0.5, 0.6) is 0 Å². The van der Waals surface area contributed by atoms with Crippen LogP contribution >= 0.6 is 0 Å². The van der Waals surface area contributed by atoms with E-state index >= 15 is 0 Å². The number of nitrogens with two attached hydrogens (primary N) is 1. The number of hydrogen-bond donors (Lipinski definition) is 3. The number of rotatable bonds is 8. The third kappa shape index (κ3) is 4.83. The fraction of sp³-hybridized carbons (Fsp3) is 0.259. The molecule has 3 heterocycles. The minimum atomic E-state index is -0.0388. The van der Waals surface area contributed by atoms with Crippen molar-refractivity contribution in [1.29, 1.82) is 5.41 Å². The van der Waals surface area contributed by atoms with Crippen molar-refractivity contribution in [2.24, 2.45) is 7.05 Å². The number of anilines is 2. The van der Waals surface area contributed by atoms with Crippen molar-refractivity contribution in [3.05, 3.63) is 65.7 Å². The number of amides is 1. The standard InChI is InChI=1S/C27H30N10O/c1-29-14-20(13-28)17-5-7-18(8-6-17)26-24-21(33-36(26)4)10-9-19-15-30-27(32-25(19)24)31-22-11-12-37(34-22)16-23(38)35(2)3/h5-8,11-15,28-29H,9-10,16H2,1-4H3,(H,30,31,32,34)/p+1/b20-14+,28-13?. The first-order valence-corrected chi connectivity index (χ1v) is 12.4. The lowest BCUT2D eigenvalue weighted by atomic mass is 9.91. The van der Waals surface area contributed by atoms with Crippen LogP contribution in [-0.2, 0) is 31.2 Å². The Morgan fingerprint density at radius 3 is 2.68 bits per heavy atom. The number of nitrogens with zero attached hydrogens (tertiary/aromatic N) is 7. The first-order chi connectivity index (χ1) is 18.4. The molecular weight excluding hydrogens is 480 g/mol. The van der Waals surface area contributed by atoms with Crippen molar-refractivity contribution in [2.75, 3.05) is 26.5 Å². The number of carbonyl (C=O) groups is 1. The van der Waals surface area contributed by atoms with Gasteiger partial charge in [0, 0.05) is 56.9 Å². The van der Waals surface area contributed by atoms with E-state index in [9.17, 15) is 4.79 Å². The second-order valence-corrected chi connectivity index (χ2v) is 9.35. The van der Waals surface area contributed by atoms with Crippen LogP contribution in [0, 0.1) is 5.41 Å². The number of nitrogens with one attached hydrogen (secondary N) is 2. The average Bonchev–Trinajstić information content (AvgIpc) is 3.50. The van der Waals surface area contributed by atoms with E-state index in [4.69, 9.17) is 15.5 Å². The van der Waals surface area contributed by atoms with Gasteiger partial charge in [-0.05, 0) is 24.0 Å². The topological polar surface area (TPSA) is 134 Å². The maximum Gasteiger partial charge on any atom is 0.243 e. The number of fused-ring (bicyclic) bond motifs is 3. The first-order valence-electron chi connectivity index (χ1n) is 12.4. The van der Waals surface area contributed by atoms with Crippen molar-refractivity contribution < 1.29 is 10.1 Å². The number of likely N-dealkylation sites (N-methyl/N-ethyl adjacent to an activating group) is 1.